The number of hydrogen-bond donors (Lipinski definition) is 5. The van der Waals surface area contributed by atoms with Crippen molar-refractivity contribution in [2.75, 3.05) is 6.61 Å². The third-order valence-electron chi connectivity index (χ3n) is 4.72. The summed E-state index contributed by atoms with van der Waals surface area (Å²) in [7, 11) is 0. The first-order valence-electron chi connectivity index (χ1n) is 9.64. The van der Waals surface area contributed by atoms with E-state index < -0.39 is 36.7 Å². The van der Waals surface area contributed by atoms with Crippen LogP contribution in [0.3, 0.4) is 0 Å². The molecule has 9 nitrogen and oxygen atoms in total. The van der Waals surface area contributed by atoms with Crippen molar-refractivity contribution < 1.29 is 29.3 Å². The second kappa shape index (κ2) is 10.3. The predicted octanol–water partition coefficient (Wildman–Crippen LogP) is 1.57. The topological polar surface area (TPSA) is 141 Å². The molecule has 0 aliphatic carbocycles. The number of amides is 2. The van der Waals surface area contributed by atoms with E-state index in [1.165, 1.54) is 0 Å². The number of carboxylic acid groups (broad SMARTS) is 1. The molecule has 0 bridgehead atoms. The van der Waals surface area contributed by atoms with Crippen LogP contribution in [-0.2, 0) is 27.4 Å². The fraction of sp³-hybridized carbons (Fsp3) is 0.227. The van der Waals surface area contributed by atoms with Crippen LogP contribution in [0.4, 0.5) is 4.79 Å². The number of H-pyrrole nitrogens is 1. The van der Waals surface area contributed by atoms with Gasteiger partial charge in [0.25, 0.3) is 0 Å². The molecular weight excluding hydrogens is 402 g/mol. The molecular formula is C22H23N3O6. The van der Waals surface area contributed by atoms with E-state index in [1.54, 1.807) is 30.5 Å². The maximum atomic E-state index is 12.5. The van der Waals surface area contributed by atoms with Crippen LogP contribution in [-0.4, -0.2) is 51.9 Å². The van der Waals surface area contributed by atoms with E-state index in [9.17, 15) is 24.6 Å². The zero-order chi connectivity index (χ0) is 22.2. The number of benzene rings is 2. The molecule has 2 atom stereocenters. The first kappa shape index (κ1) is 21.8. The lowest BCUT2D eigenvalue weighted by Crippen LogP contribution is -2.53. The number of aromatic nitrogens is 1. The number of rotatable bonds is 9. The highest BCUT2D eigenvalue weighted by Gasteiger charge is 2.27. The Hall–Kier alpha value is -3.85. The number of ether oxygens (including phenoxy) is 1. The Morgan fingerprint density at radius 3 is 2.39 bits per heavy atom. The van der Waals surface area contributed by atoms with Gasteiger partial charge in [-0.3, -0.25) is 4.79 Å². The number of hydrogen-bond acceptors (Lipinski definition) is 5. The van der Waals surface area contributed by atoms with E-state index >= 15 is 0 Å². The summed E-state index contributed by atoms with van der Waals surface area (Å²) < 4.78 is 5.03. The van der Waals surface area contributed by atoms with Gasteiger partial charge in [-0.25, -0.2) is 9.59 Å². The van der Waals surface area contributed by atoms with Gasteiger partial charge >= 0.3 is 12.1 Å². The quantitative estimate of drug-likeness (QED) is 0.352. The summed E-state index contributed by atoms with van der Waals surface area (Å²) in [6, 6.07) is 13.7. The molecule has 0 spiro atoms. The molecule has 3 aromatic rings. The van der Waals surface area contributed by atoms with Gasteiger partial charge < -0.3 is 30.6 Å². The number of carbonyl (C=O) groups excluding carboxylic acids is 2. The molecule has 0 fully saturated rings. The van der Waals surface area contributed by atoms with Crippen molar-refractivity contribution in [1.29, 1.82) is 0 Å². The Bertz CT molecular complexity index is 1050. The average Bonchev–Trinajstić information content (AvgIpc) is 3.19. The van der Waals surface area contributed by atoms with Crippen molar-refractivity contribution in [3.05, 3.63) is 71.9 Å². The molecule has 0 aliphatic rings. The SMILES string of the molecule is O=C(N[C@@H](CO)C(=O)N[C@@H](Cc1c[nH]c2ccccc12)C(=O)O)OCc1ccccc1. The number of para-hydroxylation sites is 1. The smallest absolute Gasteiger partial charge is 0.408 e. The van der Waals surface area contributed by atoms with Gasteiger partial charge in [0.05, 0.1) is 6.61 Å². The number of aliphatic hydroxyl groups is 1. The average molecular weight is 425 g/mol. The Kier molecular flexibility index (Phi) is 7.23. The second-order valence-corrected chi connectivity index (χ2v) is 6.90. The summed E-state index contributed by atoms with van der Waals surface area (Å²) in [5, 5.41) is 24.5. The fourth-order valence-electron chi connectivity index (χ4n) is 3.09. The van der Waals surface area contributed by atoms with Crippen molar-refractivity contribution in [3.63, 3.8) is 0 Å². The van der Waals surface area contributed by atoms with Gasteiger partial charge in [-0.2, -0.15) is 0 Å². The van der Waals surface area contributed by atoms with Crippen LogP contribution in [0.5, 0.6) is 0 Å². The maximum Gasteiger partial charge on any atom is 0.408 e. The molecule has 2 amide bonds. The largest absolute Gasteiger partial charge is 0.480 e. The third-order valence-corrected chi connectivity index (χ3v) is 4.72. The van der Waals surface area contributed by atoms with Gasteiger partial charge in [0.15, 0.2) is 0 Å². The first-order chi connectivity index (χ1) is 15.0. The Morgan fingerprint density at radius 2 is 1.68 bits per heavy atom. The van der Waals surface area contributed by atoms with Crippen LogP contribution in [0, 0.1) is 0 Å². The zero-order valence-electron chi connectivity index (χ0n) is 16.6. The molecule has 2 aromatic carbocycles. The molecule has 9 heteroatoms. The summed E-state index contributed by atoms with van der Waals surface area (Å²) >= 11 is 0. The Morgan fingerprint density at radius 1 is 0.968 bits per heavy atom. The molecule has 0 unspecified atom stereocenters. The number of fused-ring (bicyclic) bond motifs is 1. The van der Waals surface area contributed by atoms with Gasteiger partial charge in [-0.15, -0.1) is 0 Å². The second-order valence-electron chi connectivity index (χ2n) is 6.90. The van der Waals surface area contributed by atoms with E-state index in [0.717, 1.165) is 22.0 Å². The van der Waals surface area contributed by atoms with Crippen LogP contribution in [0.15, 0.2) is 60.8 Å². The predicted molar refractivity (Wildman–Crippen MR) is 112 cm³/mol. The highest BCUT2D eigenvalue weighted by atomic mass is 16.5. The van der Waals surface area contributed by atoms with Crippen molar-refractivity contribution in [1.82, 2.24) is 15.6 Å². The molecule has 1 aromatic heterocycles. The minimum absolute atomic E-state index is 0.00917. The summed E-state index contributed by atoms with van der Waals surface area (Å²) in [5.74, 6) is -2.06. The molecule has 0 aliphatic heterocycles. The van der Waals surface area contributed by atoms with Gasteiger partial charge in [0.1, 0.15) is 18.7 Å². The number of aromatic amines is 1. The lowest BCUT2D eigenvalue weighted by atomic mass is 10.0. The highest BCUT2D eigenvalue weighted by molar-refractivity contribution is 5.90. The lowest BCUT2D eigenvalue weighted by molar-refractivity contribution is -0.142. The number of aliphatic hydroxyl groups excluding tert-OH is 1. The number of alkyl carbamates (subject to hydrolysis) is 1. The highest BCUT2D eigenvalue weighted by Crippen LogP contribution is 2.19. The van der Waals surface area contributed by atoms with Crippen LogP contribution in [0.25, 0.3) is 10.9 Å². The van der Waals surface area contributed by atoms with Crippen molar-refractivity contribution in [2.45, 2.75) is 25.1 Å². The molecule has 0 saturated heterocycles. The number of aliphatic carboxylic acids is 1. The van der Waals surface area contributed by atoms with Crippen molar-refractivity contribution >= 4 is 28.9 Å². The number of carboxylic acids is 1. The minimum Gasteiger partial charge on any atom is -0.480 e. The van der Waals surface area contributed by atoms with E-state index in [0.29, 0.717) is 0 Å². The third kappa shape index (κ3) is 5.83. The van der Waals surface area contributed by atoms with Crippen LogP contribution in [0.1, 0.15) is 11.1 Å². The molecule has 1 heterocycles. The molecule has 5 N–H and O–H groups in total. The van der Waals surface area contributed by atoms with Crippen LogP contribution in [0.2, 0.25) is 0 Å². The minimum atomic E-state index is -1.35. The van der Waals surface area contributed by atoms with Gasteiger partial charge in [0.2, 0.25) is 5.91 Å². The zero-order valence-corrected chi connectivity index (χ0v) is 16.6. The van der Waals surface area contributed by atoms with E-state index in [-0.39, 0.29) is 13.0 Å². The first-order valence-corrected chi connectivity index (χ1v) is 9.64. The summed E-state index contributed by atoms with van der Waals surface area (Å²) in [6.45, 7) is -0.726. The monoisotopic (exact) mass is 425 g/mol. The summed E-state index contributed by atoms with van der Waals surface area (Å²) in [5.41, 5.74) is 2.33. The maximum absolute atomic E-state index is 12.5. The summed E-state index contributed by atoms with van der Waals surface area (Å²) in [4.78, 5) is 39.2. The summed E-state index contributed by atoms with van der Waals surface area (Å²) in [6.07, 6.45) is 0.818. The van der Waals surface area contributed by atoms with Crippen LogP contribution < -0.4 is 10.6 Å². The van der Waals surface area contributed by atoms with Gasteiger partial charge in [-0.05, 0) is 17.2 Å². The van der Waals surface area contributed by atoms with E-state index in [1.807, 2.05) is 30.3 Å². The number of carbonyl (C=O) groups is 3. The molecule has 0 saturated carbocycles. The van der Waals surface area contributed by atoms with E-state index in [4.69, 9.17) is 4.74 Å². The van der Waals surface area contributed by atoms with Gasteiger partial charge in [0, 0.05) is 23.5 Å². The Balaban J connectivity index is 1.59. The lowest BCUT2D eigenvalue weighted by Gasteiger charge is -2.20. The van der Waals surface area contributed by atoms with Gasteiger partial charge in [-0.1, -0.05) is 48.5 Å². The Labute approximate surface area is 178 Å². The fourth-order valence-corrected chi connectivity index (χ4v) is 3.09. The van der Waals surface area contributed by atoms with E-state index in [2.05, 4.69) is 15.6 Å². The molecule has 162 valence electrons. The normalized spacial score (nSPS) is 12.7. The standard InChI is InChI=1S/C22H23N3O6/c26-12-19(25-22(30)31-13-14-6-2-1-3-7-14)20(27)24-18(21(28)29)10-15-11-23-17-9-5-4-8-16(15)17/h1-9,11,18-19,23,26H,10,12-13H2,(H,24,27)(H,25,30)(H,28,29)/t18-,19-/m0/s1. The number of nitrogens with one attached hydrogen (secondary N) is 3. The molecule has 31 heavy (non-hydrogen) atoms. The van der Waals surface area contributed by atoms with Crippen LogP contribution >= 0.6 is 0 Å². The van der Waals surface area contributed by atoms with Crippen molar-refractivity contribution in [2.24, 2.45) is 0 Å². The molecule has 0 radical (unpaired) electrons. The van der Waals surface area contributed by atoms with Crippen molar-refractivity contribution in [3.8, 4) is 0 Å². The molecule has 3 rings (SSSR count).